The lowest BCUT2D eigenvalue weighted by Gasteiger charge is -2.11. The second kappa shape index (κ2) is 5.61. The van der Waals surface area contributed by atoms with E-state index in [-0.39, 0.29) is 5.82 Å². The van der Waals surface area contributed by atoms with Gasteiger partial charge in [-0.25, -0.2) is 4.39 Å². The SMILES string of the molecule is Fc1c(Br)cccc1C(Cl)Cc1ccccn1. The second-order valence-corrected chi connectivity index (χ2v) is 5.02. The van der Waals surface area contributed by atoms with Crippen LogP contribution in [0.4, 0.5) is 4.39 Å². The molecule has 2 rings (SSSR count). The molecule has 0 saturated heterocycles. The normalized spacial score (nSPS) is 12.4. The molecule has 0 aliphatic carbocycles. The molecule has 0 bridgehead atoms. The van der Waals surface area contributed by atoms with Gasteiger partial charge in [0.2, 0.25) is 0 Å². The Balaban J connectivity index is 2.20. The minimum absolute atomic E-state index is 0.302. The van der Waals surface area contributed by atoms with Gasteiger partial charge in [-0.2, -0.15) is 0 Å². The van der Waals surface area contributed by atoms with Crippen molar-refractivity contribution in [3.05, 3.63) is 64.1 Å². The molecular weight excluding hydrogens is 305 g/mol. The Hall–Kier alpha value is -0.930. The van der Waals surface area contributed by atoms with E-state index in [0.29, 0.717) is 16.5 Å². The summed E-state index contributed by atoms with van der Waals surface area (Å²) in [6.45, 7) is 0. The zero-order valence-corrected chi connectivity index (χ0v) is 11.2. The van der Waals surface area contributed by atoms with Gasteiger partial charge in [-0.15, -0.1) is 11.6 Å². The largest absolute Gasteiger partial charge is 0.261 e. The Bertz CT molecular complexity index is 504. The molecule has 1 aromatic carbocycles. The van der Waals surface area contributed by atoms with Crippen LogP contribution < -0.4 is 0 Å². The summed E-state index contributed by atoms with van der Waals surface area (Å²) in [5, 5.41) is -0.414. The zero-order chi connectivity index (χ0) is 12.3. The summed E-state index contributed by atoms with van der Waals surface area (Å²) in [7, 11) is 0. The minimum Gasteiger partial charge on any atom is -0.261 e. The number of aromatic nitrogens is 1. The fourth-order valence-electron chi connectivity index (χ4n) is 1.57. The molecule has 2 aromatic rings. The van der Waals surface area contributed by atoms with Gasteiger partial charge in [-0.3, -0.25) is 4.98 Å². The van der Waals surface area contributed by atoms with Gasteiger partial charge < -0.3 is 0 Å². The van der Waals surface area contributed by atoms with E-state index in [9.17, 15) is 4.39 Å². The van der Waals surface area contributed by atoms with Gasteiger partial charge in [0.1, 0.15) is 5.82 Å². The van der Waals surface area contributed by atoms with Gasteiger partial charge in [0.15, 0.2) is 0 Å². The van der Waals surface area contributed by atoms with E-state index in [1.54, 1.807) is 24.4 Å². The van der Waals surface area contributed by atoms with E-state index in [0.717, 1.165) is 5.69 Å². The summed E-state index contributed by atoms with van der Waals surface area (Å²) in [5.74, 6) is -0.302. The van der Waals surface area contributed by atoms with Crippen LogP contribution in [0.15, 0.2) is 47.1 Å². The highest BCUT2D eigenvalue weighted by Crippen LogP contribution is 2.29. The molecule has 0 spiro atoms. The van der Waals surface area contributed by atoms with E-state index >= 15 is 0 Å². The highest BCUT2D eigenvalue weighted by atomic mass is 79.9. The summed E-state index contributed by atoms with van der Waals surface area (Å²) < 4.78 is 14.2. The van der Waals surface area contributed by atoms with Crippen molar-refractivity contribution in [3.63, 3.8) is 0 Å². The molecule has 0 radical (unpaired) electrons. The van der Waals surface area contributed by atoms with Gasteiger partial charge in [0, 0.05) is 23.9 Å². The topological polar surface area (TPSA) is 12.9 Å². The molecule has 0 aliphatic heterocycles. The third kappa shape index (κ3) is 3.05. The van der Waals surface area contributed by atoms with Crippen molar-refractivity contribution in [2.45, 2.75) is 11.8 Å². The first kappa shape index (κ1) is 12.5. The molecule has 0 amide bonds. The molecule has 1 atom stereocenters. The van der Waals surface area contributed by atoms with E-state index < -0.39 is 5.38 Å². The Kier molecular flexibility index (Phi) is 4.13. The van der Waals surface area contributed by atoms with Crippen molar-refractivity contribution in [2.24, 2.45) is 0 Å². The first-order chi connectivity index (χ1) is 8.18. The first-order valence-electron chi connectivity index (χ1n) is 5.16. The second-order valence-electron chi connectivity index (χ2n) is 3.64. The number of alkyl halides is 1. The van der Waals surface area contributed by atoms with Gasteiger partial charge in [0.05, 0.1) is 9.85 Å². The lowest BCUT2D eigenvalue weighted by atomic mass is 10.1. The van der Waals surface area contributed by atoms with Crippen LogP contribution in [0.1, 0.15) is 16.6 Å². The summed E-state index contributed by atoms with van der Waals surface area (Å²) in [6, 6.07) is 10.7. The predicted octanol–water partition coefficient (Wildman–Crippen LogP) is 4.51. The monoisotopic (exact) mass is 313 g/mol. The number of rotatable bonds is 3. The molecule has 1 aromatic heterocycles. The standard InChI is InChI=1S/C13H10BrClFN/c14-11-6-3-5-10(13(11)16)12(15)8-9-4-1-2-7-17-9/h1-7,12H,8H2. The molecular formula is C13H10BrClFN. The molecule has 1 nitrogen and oxygen atoms in total. The van der Waals surface area contributed by atoms with Crippen LogP contribution in [0.3, 0.4) is 0 Å². The molecule has 4 heteroatoms. The third-order valence-electron chi connectivity index (χ3n) is 2.43. The third-order valence-corrected chi connectivity index (χ3v) is 3.44. The maximum Gasteiger partial charge on any atom is 0.142 e. The summed E-state index contributed by atoms with van der Waals surface area (Å²) >= 11 is 9.37. The number of hydrogen-bond donors (Lipinski definition) is 0. The molecule has 0 N–H and O–H groups in total. The quantitative estimate of drug-likeness (QED) is 0.760. The van der Waals surface area contributed by atoms with E-state index in [1.165, 1.54) is 0 Å². The van der Waals surface area contributed by atoms with Crippen molar-refractivity contribution >= 4 is 27.5 Å². The van der Waals surface area contributed by atoms with Crippen LogP contribution in [0.2, 0.25) is 0 Å². The van der Waals surface area contributed by atoms with Gasteiger partial charge >= 0.3 is 0 Å². The number of nitrogens with zero attached hydrogens (tertiary/aromatic N) is 1. The predicted molar refractivity (Wildman–Crippen MR) is 70.6 cm³/mol. The maximum atomic E-state index is 13.8. The van der Waals surface area contributed by atoms with Crippen LogP contribution >= 0.6 is 27.5 Å². The highest BCUT2D eigenvalue weighted by Gasteiger charge is 2.15. The smallest absolute Gasteiger partial charge is 0.142 e. The van der Waals surface area contributed by atoms with Crippen molar-refractivity contribution in [3.8, 4) is 0 Å². The molecule has 0 saturated carbocycles. The van der Waals surface area contributed by atoms with E-state index in [1.807, 2.05) is 18.2 Å². The molecule has 88 valence electrons. The van der Waals surface area contributed by atoms with Crippen LogP contribution in [0.25, 0.3) is 0 Å². The van der Waals surface area contributed by atoms with Crippen molar-refractivity contribution < 1.29 is 4.39 Å². The van der Waals surface area contributed by atoms with Crippen LogP contribution in [-0.4, -0.2) is 4.98 Å². The van der Waals surface area contributed by atoms with Crippen LogP contribution in [0.5, 0.6) is 0 Å². The molecule has 0 aliphatic rings. The Morgan fingerprint density at radius 3 is 2.76 bits per heavy atom. The Labute approximate surface area is 113 Å². The van der Waals surface area contributed by atoms with Crippen molar-refractivity contribution in [1.29, 1.82) is 0 Å². The van der Waals surface area contributed by atoms with E-state index in [2.05, 4.69) is 20.9 Å². The lowest BCUT2D eigenvalue weighted by Crippen LogP contribution is -2.01. The first-order valence-corrected chi connectivity index (χ1v) is 6.39. The molecule has 0 fully saturated rings. The van der Waals surface area contributed by atoms with Gasteiger partial charge in [-0.1, -0.05) is 18.2 Å². The summed E-state index contributed by atoms with van der Waals surface area (Å²) in [5.41, 5.74) is 1.35. The van der Waals surface area contributed by atoms with Crippen molar-refractivity contribution in [2.75, 3.05) is 0 Å². The molecule has 1 heterocycles. The molecule has 17 heavy (non-hydrogen) atoms. The summed E-state index contributed by atoms with van der Waals surface area (Å²) in [4.78, 5) is 4.18. The van der Waals surface area contributed by atoms with Gasteiger partial charge in [0.25, 0.3) is 0 Å². The Morgan fingerprint density at radius 1 is 1.24 bits per heavy atom. The zero-order valence-electron chi connectivity index (χ0n) is 8.91. The number of halogens is 3. The lowest BCUT2D eigenvalue weighted by molar-refractivity contribution is 0.598. The minimum atomic E-state index is -0.414. The molecule has 1 unspecified atom stereocenters. The summed E-state index contributed by atoms with van der Waals surface area (Å²) in [6.07, 6.45) is 2.21. The van der Waals surface area contributed by atoms with Crippen LogP contribution in [-0.2, 0) is 6.42 Å². The fourth-order valence-corrected chi connectivity index (χ4v) is 2.28. The average Bonchev–Trinajstić information content (AvgIpc) is 2.34. The van der Waals surface area contributed by atoms with E-state index in [4.69, 9.17) is 11.6 Å². The number of hydrogen-bond acceptors (Lipinski definition) is 1. The highest BCUT2D eigenvalue weighted by molar-refractivity contribution is 9.10. The number of benzene rings is 1. The van der Waals surface area contributed by atoms with Gasteiger partial charge in [-0.05, 0) is 34.1 Å². The average molecular weight is 315 g/mol. The van der Waals surface area contributed by atoms with Crippen LogP contribution in [0, 0.1) is 5.82 Å². The number of pyridine rings is 1. The van der Waals surface area contributed by atoms with Crippen molar-refractivity contribution in [1.82, 2.24) is 4.98 Å². The fraction of sp³-hybridized carbons (Fsp3) is 0.154. The maximum absolute atomic E-state index is 13.8. The Morgan fingerprint density at radius 2 is 2.06 bits per heavy atom.